The van der Waals surface area contributed by atoms with Crippen molar-refractivity contribution < 1.29 is 19.4 Å². The van der Waals surface area contributed by atoms with Gasteiger partial charge in [-0.05, 0) is 24.1 Å². The molecule has 0 amide bonds. The van der Waals surface area contributed by atoms with Crippen LogP contribution >= 0.6 is 0 Å². The van der Waals surface area contributed by atoms with Crippen molar-refractivity contribution in [3.8, 4) is 0 Å². The molecule has 5 heteroatoms. The first-order valence-electron chi connectivity index (χ1n) is 5.87. The van der Waals surface area contributed by atoms with E-state index in [-0.39, 0.29) is 12.1 Å². The van der Waals surface area contributed by atoms with Crippen LogP contribution in [0.25, 0.3) is 0 Å². The van der Waals surface area contributed by atoms with E-state index in [0.717, 1.165) is 5.56 Å². The Morgan fingerprint density at radius 1 is 1.50 bits per heavy atom. The number of hydrogen-bond acceptors (Lipinski definition) is 3. The summed E-state index contributed by atoms with van der Waals surface area (Å²) in [6, 6.07) is 6.63. The Bertz CT molecular complexity index is 452. The number of carboxylic acid groups (broad SMARTS) is 1. The number of carboxylic acids is 1. The van der Waals surface area contributed by atoms with Gasteiger partial charge >= 0.3 is 5.97 Å². The molecule has 1 aromatic rings. The number of hydrogen-bond donors (Lipinski definition) is 2. The first-order valence-corrected chi connectivity index (χ1v) is 5.87. The molecule has 0 spiro atoms. The molecule has 1 aromatic carbocycles. The van der Waals surface area contributed by atoms with Gasteiger partial charge < -0.3 is 10.2 Å². The van der Waals surface area contributed by atoms with Gasteiger partial charge in [-0.1, -0.05) is 12.1 Å². The van der Waals surface area contributed by atoms with Gasteiger partial charge in [-0.2, -0.15) is 0 Å². The smallest absolute Gasteiger partial charge is 0.335 e. The van der Waals surface area contributed by atoms with Crippen LogP contribution in [-0.4, -0.2) is 46.4 Å². The second-order valence-electron chi connectivity index (χ2n) is 4.78. The molecule has 0 radical (unpaired) electrons. The number of aromatic carboxylic acids is 1. The Balaban J connectivity index is 2.02. The highest BCUT2D eigenvalue weighted by Gasteiger charge is 2.37. The first-order chi connectivity index (χ1) is 8.52. The predicted octanol–water partition coefficient (Wildman–Crippen LogP) is 1.29. The number of aliphatic hydroxyl groups excluding tert-OH is 1. The van der Waals surface area contributed by atoms with Gasteiger partial charge in [-0.3, -0.25) is 4.90 Å². The number of alkyl halides is 1. The second-order valence-corrected chi connectivity index (χ2v) is 4.78. The van der Waals surface area contributed by atoms with Crippen molar-refractivity contribution >= 4 is 5.97 Å². The number of carbonyl (C=O) groups is 1. The van der Waals surface area contributed by atoms with E-state index >= 15 is 0 Å². The fourth-order valence-electron chi connectivity index (χ4n) is 2.24. The molecule has 1 unspecified atom stereocenters. The summed E-state index contributed by atoms with van der Waals surface area (Å²) in [5, 5.41) is 17.8. The summed E-state index contributed by atoms with van der Waals surface area (Å²) >= 11 is 0. The number of benzene rings is 1. The Hall–Kier alpha value is -1.46. The first kappa shape index (κ1) is 13.0. The number of rotatable bonds is 4. The molecule has 1 saturated heterocycles. The highest BCUT2D eigenvalue weighted by molar-refractivity contribution is 5.87. The van der Waals surface area contributed by atoms with Crippen LogP contribution in [0.2, 0.25) is 0 Å². The van der Waals surface area contributed by atoms with Gasteiger partial charge in [0.2, 0.25) is 0 Å². The molecule has 2 rings (SSSR count). The van der Waals surface area contributed by atoms with Crippen molar-refractivity contribution in [2.75, 3.05) is 19.7 Å². The van der Waals surface area contributed by atoms with Crippen LogP contribution in [0.3, 0.4) is 0 Å². The zero-order valence-electron chi connectivity index (χ0n) is 9.97. The highest BCUT2D eigenvalue weighted by atomic mass is 19.1. The molecule has 1 atom stereocenters. The van der Waals surface area contributed by atoms with Gasteiger partial charge in [0.15, 0.2) is 0 Å². The Labute approximate surface area is 105 Å². The van der Waals surface area contributed by atoms with Crippen LogP contribution in [0.5, 0.6) is 0 Å². The second kappa shape index (κ2) is 5.04. The molecular formula is C13H16FNO3. The summed E-state index contributed by atoms with van der Waals surface area (Å²) in [4.78, 5) is 12.7. The average molecular weight is 253 g/mol. The summed E-state index contributed by atoms with van der Waals surface area (Å²) in [5.41, 5.74) is -0.429. The lowest BCUT2D eigenvalue weighted by molar-refractivity contribution is 0.0696. The minimum atomic E-state index is -1.51. The number of nitrogens with zero attached hydrogens (tertiary/aromatic N) is 1. The predicted molar refractivity (Wildman–Crippen MR) is 64.2 cm³/mol. The molecule has 2 N–H and O–H groups in total. The maximum atomic E-state index is 13.8. The lowest BCUT2D eigenvalue weighted by atomic mass is 10.1. The van der Waals surface area contributed by atoms with E-state index in [9.17, 15) is 9.18 Å². The van der Waals surface area contributed by atoms with E-state index < -0.39 is 18.2 Å². The zero-order chi connectivity index (χ0) is 13.2. The van der Waals surface area contributed by atoms with Crippen LogP contribution in [0.4, 0.5) is 4.39 Å². The SMILES string of the molecule is O=C(O)c1cccc(CN2CCC(F)(CO)C2)c1. The van der Waals surface area contributed by atoms with Gasteiger partial charge in [0.25, 0.3) is 0 Å². The van der Waals surface area contributed by atoms with Crippen LogP contribution in [0, 0.1) is 0 Å². The minimum Gasteiger partial charge on any atom is -0.478 e. The molecule has 1 heterocycles. The van der Waals surface area contributed by atoms with Crippen molar-refractivity contribution in [1.82, 2.24) is 4.90 Å². The van der Waals surface area contributed by atoms with E-state index in [1.807, 2.05) is 11.0 Å². The largest absolute Gasteiger partial charge is 0.478 e. The van der Waals surface area contributed by atoms with Crippen LogP contribution < -0.4 is 0 Å². The summed E-state index contributed by atoms with van der Waals surface area (Å²) in [6.45, 7) is 0.820. The maximum Gasteiger partial charge on any atom is 0.335 e. The van der Waals surface area contributed by atoms with Gasteiger partial charge in [-0.25, -0.2) is 9.18 Å². The lowest BCUT2D eigenvalue weighted by Gasteiger charge is -2.18. The normalized spacial score (nSPS) is 24.3. The highest BCUT2D eigenvalue weighted by Crippen LogP contribution is 2.26. The monoisotopic (exact) mass is 253 g/mol. The third-order valence-corrected chi connectivity index (χ3v) is 3.25. The summed E-state index contributed by atoms with van der Waals surface area (Å²) < 4.78 is 13.8. The Morgan fingerprint density at radius 3 is 2.89 bits per heavy atom. The topological polar surface area (TPSA) is 60.8 Å². The van der Waals surface area contributed by atoms with E-state index in [1.165, 1.54) is 6.07 Å². The van der Waals surface area contributed by atoms with Crippen LogP contribution in [0.15, 0.2) is 24.3 Å². The van der Waals surface area contributed by atoms with E-state index in [2.05, 4.69) is 0 Å². The lowest BCUT2D eigenvalue weighted by Crippen LogP contribution is -2.32. The third-order valence-electron chi connectivity index (χ3n) is 3.25. The number of likely N-dealkylation sites (tertiary alicyclic amines) is 1. The molecule has 1 aliphatic heterocycles. The van der Waals surface area contributed by atoms with E-state index in [0.29, 0.717) is 19.5 Å². The molecule has 1 fully saturated rings. The van der Waals surface area contributed by atoms with Crippen molar-refractivity contribution in [3.05, 3.63) is 35.4 Å². The van der Waals surface area contributed by atoms with Gasteiger partial charge in [0.1, 0.15) is 5.67 Å². The molecule has 0 saturated carbocycles. The molecule has 0 aliphatic carbocycles. The molecule has 0 bridgehead atoms. The molecule has 1 aliphatic rings. The standard InChI is InChI=1S/C13H16FNO3/c14-13(9-16)4-5-15(8-13)7-10-2-1-3-11(6-10)12(17)18/h1-3,6,16H,4-5,7-9H2,(H,17,18). The number of halogens is 1. The van der Waals surface area contributed by atoms with E-state index in [4.69, 9.17) is 10.2 Å². The average Bonchev–Trinajstić information content (AvgIpc) is 2.72. The fraction of sp³-hybridized carbons (Fsp3) is 0.462. The van der Waals surface area contributed by atoms with Crippen molar-refractivity contribution in [2.24, 2.45) is 0 Å². The molecule has 98 valence electrons. The third kappa shape index (κ3) is 2.86. The van der Waals surface area contributed by atoms with Gasteiger partial charge in [-0.15, -0.1) is 0 Å². The van der Waals surface area contributed by atoms with E-state index in [1.54, 1.807) is 12.1 Å². The van der Waals surface area contributed by atoms with Crippen molar-refractivity contribution in [2.45, 2.75) is 18.6 Å². The Kier molecular flexibility index (Phi) is 3.63. The quantitative estimate of drug-likeness (QED) is 0.849. The molecule has 0 aromatic heterocycles. The Morgan fingerprint density at radius 2 is 2.28 bits per heavy atom. The van der Waals surface area contributed by atoms with Gasteiger partial charge in [0, 0.05) is 19.6 Å². The summed E-state index contributed by atoms with van der Waals surface area (Å²) in [6.07, 6.45) is 0.322. The maximum absolute atomic E-state index is 13.8. The fourth-order valence-corrected chi connectivity index (χ4v) is 2.24. The zero-order valence-corrected chi connectivity index (χ0v) is 9.97. The van der Waals surface area contributed by atoms with Crippen LogP contribution in [0.1, 0.15) is 22.3 Å². The summed E-state index contributed by atoms with van der Waals surface area (Å²) in [7, 11) is 0. The van der Waals surface area contributed by atoms with Crippen LogP contribution in [-0.2, 0) is 6.54 Å². The minimum absolute atomic E-state index is 0.195. The summed E-state index contributed by atoms with van der Waals surface area (Å²) in [5.74, 6) is -0.964. The molecular weight excluding hydrogens is 237 g/mol. The number of aliphatic hydroxyl groups is 1. The van der Waals surface area contributed by atoms with Gasteiger partial charge in [0.05, 0.1) is 12.2 Å². The molecule has 4 nitrogen and oxygen atoms in total. The van der Waals surface area contributed by atoms with Crippen molar-refractivity contribution in [1.29, 1.82) is 0 Å². The van der Waals surface area contributed by atoms with Crippen molar-refractivity contribution in [3.63, 3.8) is 0 Å². The molecule has 18 heavy (non-hydrogen) atoms.